The summed E-state index contributed by atoms with van der Waals surface area (Å²) >= 11 is 3.38. The van der Waals surface area contributed by atoms with Gasteiger partial charge < -0.3 is 4.74 Å². The van der Waals surface area contributed by atoms with Gasteiger partial charge in [-0.2, -0.15) is 0 Å². The van der Waals surface area contributed by atoms with Gasteiger partial charge in [0.2, 0.25) is 5.88 Å². The largest absolute Gasteiger partial charge is 0.481 e. The molecule has 0 aliphatic carbocycles. The lowest BCUT2D eigenvalue weighted by atomic mass is 10.3. The molecule has 0 amide bonds. The molecule has 0 atom stereocenters. The third-order valence-corrected chi connectivity index (χ3v) is 2.65. The van der Waals surface area contributed by atoms with Gasteiger partial charge in [0.05, 0.1) is 25.0 Å². The Morgan fingerprint density at radius 2 is 2.24 bits per heavy atom. The summed E-state index contributed by atoms with van der Waals surface area (Å²) in [6.45, 7) is 0.604. The number of aryl methyl sites for hydroxylation is 1. The Hall–Kier alpha value is -1.43. The molecule has 0 saturated heterocycles. The molecule has 5 nitrogen and oxygen atoms in total. The molecule has 0 unspecified atom stereocenters. The van der Waals surface area contributed by atoms with Crippen LogP contribution in [0, 0.1) is 0 Å². The van der Waals surface area contributed by atoms with Crippen molar-refractivity contribution in [3.05, 3.63) is 35.8 Å². The van der Waals surface area contributed by atoms with E-state index in [0.717, 1.165) is 23.1 Å². The van der Waals surface area contributed by atoms with E-state index in [9.17, 15) is 0 Å². The van der Waals surface area contributed by atoms with Crippen LogP contribution in [0.5, 0.6) is 5.88 Å². The molecule has 0 aliphatic heterocycles. The summed E-state index contributed by atoms with van der Waals surface area (Å²) in [6, 6.07) is 5.67. The van der Waals surface area contributed by atoms with E-state index in [1.54, 1.807) is 11.8 Å². The third-order valence-electron chi connectivity index (χ3n) is 2.25. The van der Waals surface area contributed by atoms with E-state index >= 15 is 0 Å². The van der Waals surface area contributed by atoms with Gasteiger partial charge in [-0.3, -0.25) is 0 Å². The van der Waals surface area contributed by atoms with Crippen molar-refractivity contribution >= 4 is 15.9 Å². The van der Waals surface area contributed by atoms with Gasteiger partial charge >= 0.3 is 0 Å². The second kappa shape index (κ2) is 5.77. The second-order valence-corrected chi connectivity index (χ2v) is 4.31. The van der Waals surface area contributed by atoms with Crippen LogP contribution in [-0.4, -0.2) is 32.4 Å². The van der Waals surface area contributed by atoms with Crippen molar-refractivity contribution in [2.75, 3.05) is 12.4 Å². The zero-order valence-electron chi connectivity index (χ0n) is 9.51. The topological polar surface area (TPSA) is 52.8 Å². The Balaban J connectivity index is 2.08. The lowest BCUT2D eigenvalue weighted by Gasteiger charge is -2.02. The molecular weight excluding hydrogens is 284 g/mol. The predicted octanol–water partition coefficient (Wildman–Crippen LogP) is 1.67. The van der Waals surface area contributed by atoms with Gasteiger partial charge in [-0.15, -0.1) is 5.10 Å². The standard InChI is InChI=1S/C11H13BrN4O/c1-17-11-4-2-3-9(13-11)7-16-8-10(5-6-12)14-15-16/h2-4,8H,5-7H2,1H3. The molecule has 2 heterocycles. The number of nitrogens with zero attached hydrogens (tertiary/aromatic N) is 4. The minimum absolute atomic E-state index is 0.604. The molecule has 0 saturated carbocycles. The Bertz CT molecular complexity index is 486. The molecule has 6 heteroatoms. The minimum atomic E-state index is 0.604. The molecule has 0 bridgehead atoms. The number of hydrogen-bond acceptors (Lipinski definition) is 4. The second-order valence-electron chi connectivity index (χ2n) is 3.52. The van der Waals surface area contributed by atoms with Gasteiger partial charge in [-0.05, 0) is 6.07 Å². The van der Waals surface area contributed by atoms with Crippen LogP contribution >= 0.6 is 15.9 Å². The van der Waals surface area contributed by atoms with Crippen molar-refractivity contribution in [1.29, 1.82) is 0 Å². The van der Waals surface area contributed by atoms with Gasteiger partial charge in [0, 0.05) is 24.0 Å². The number of pyridine rings is 1. The maximum absolute atomic E-state index is 5.07. The minimum Gasteiger partial charge on any atom is -0.481 e. The number of ether oxygens (including phenoxy) is 1. The van der Waals surface area contributed by atoms with Crippen molar-refractivity contribution in [1.82, 2.24) is 20.0 Å². The van der Waals surface area contributed by atoms with Gasteiger partial charge in [-0.1, -0.05) is 27.2 Å². The highest BCUT2D eigenvalue weighted by Crippen LogP contribution is 2.08. The molecule has 0 aromatic carbocycles. The van der Waals surface area contributed by atoms with E-state index in [4.69, 9.17) is 4.74 Å². The Kier molecular flexibility index (Phi) is 4.08. The molecule has 17 heavy (non-hydrogen) atoms. The van der Waals surface area contributed by atoms with Crippen molar-refractivity contribution in [2.45, 2.75) is 13.0 Å². The zero-order valence-corrected chi connectivity index (χ0v) is 11.1. The number of rotatable bonds is 5. The van der Waals surface area contributed by atoms with E-state index < -0.39 is 0 Å². The number of methoxy groups -OCH3 is 1. The average molecular weight is 297 g/mol. The first-order valence-corrected chi connectivity index (χ1v) is 6.39. The molecular formula is C11H13BrN4O. The van der Waals surface area contributed by atoms with Crippen LogP contribution < -0.4 is 4.74 Å². The summed E-state index contributed by atoms with van der Waals surface area (Å²) < 4.78 is 6.85. The van der Waals surface area contributed by atoms with Crippen LogP contribution in [0.15, 0.2) is 24.4 Å². The van der Waals surface area contributed by atoms with Crippen LogP contribution in [0.3, 0.4) is 0 Å². The van der Waals surface area contributed by atoms with E-state index in [1.165, 1.54) is 0 Å². The predicted molar refractivity (Wildman–Crippen MR) is 67.4 cm³/mol. The van der Waals surface area contributed by atoms with Crippen molar-refractivity contribution < 1.29 is 4.74 Å². The lowest BCUT2D eigenvalue weighted by Crippen LogP contribution is -2.03. The molecule has 2 aromatic heterocycles. The van der Waals surface area contributed by atoms with Crippen molar-refractivity contribution in [3.8, 4) is 5.88 Å². The number of alkyl halides is 1. The monoisotopic (exact) mass is 296 g/mol. The van der Waals surface area contributed by atoms with Crippen LogP contribution in [-0.2, 0) is 13.0 Å². The summed E-state index contributed by atoms with van der Waals surface area (Å²) in [6.07, 6.45) is 2.81. The van der Waals surface area contributed by atoms with Gasteiger partial charge in [-0.25, -0.2) is 9.67 Å². The molecule has 2 aromatic rings. The van der Waals surface area contributed by atoms with Gasteiger partial charge in [0.15, 0.2) is 0 Å². The van der Waals surface area contributed by atoms with Crippen LogP contribution in [0.2, 0.25) is 0 Å². The quantitative estimate of drug-likeness (QED) is 0.788. The first-order valence-electron chi connectivity index (χ1n) is 5.26. The summed E-state index contributed by atoms with van der Waals surface area (Å²) in [5.41, 5.74) is 1.88. The van der Waals surface area contributed by atoms with Crippen LogP contribution in [0.1, 0.15) is 11.4 Å². The first kappa shape index (κ1) is 12.0. The Morgan fingerprint density at radius 1 is 1.35 bits per heavy atom. The number of aromatic nitrogens is 4. The fourth-order valence-electron chi connectivity index (χ4n) is 1.45. The lowest BCUT2D eigenvalue weighted by molar-refractivity contribution is 0.395. The molecule has 90 valence electrons. The molecule has 0 aliphatic rings. The average Bonchev–Trinajstić information content (AvgIpc) is 2.77. The smallest absolute Gasteiger partial charge is 0.213 e. The fraction of sp³-hybridized carbons (Fsp3) is 0.364. The van der Waals surface area contributed by atoms with Crippen molar-refractivity contribution in [2.24, 2.45) is 0 Å². The first-order chi connectivity index (χ1) is 8.31. The fourth-order valence-corrected chi connectivity index (χ4v) is 1.86. The van der Waals surface area contributed by atoms with Gasteiger partial charge in [0.25, 0.3) is 0 Å². The van der Waals surface area contributed by atoms with E-state index in [2.05, 4.69) is 31.2 Å². The summed E-state index contributed by atoms with van der Waals surface area (Å²) in [5.74, 6) is 0.614. The molecule has 0 N–H and O–H groups in total. The van der Waals surface area contributed by atoms with Crippen LogP contribution in [0.25, 0.3) is 0 Å². The normalized spacial score (nSPS) is 10.5. The summed E-state index contributed by atoms with van der Waals surface area (Å²) in [7, 11) is 1.61. The summed E-state index contributed by atoms with van der Waals surface area (Å²) in [5, 5.41) is 9.01. The van der Waals surface area contributed by atoms with Crippen LogP contribution in [0.4, 0.5) is 0 Å². The Labute approximate surface area is 108 Å². The SMILES string of the molecule is COc1cccc(Cn2cc(CCBr)nn2)n1. The highest BCUT2D eigenvalue weighted by Gasteiger charge is 2.02. The highest BCUT2D eigenvalue weighted by molar-refractivity contribution is 9.09. The summed E-state index contributed by atoms with van der Waals surface area (Å²) in [4.78, 5) is 4.32. The van der Waals surface area contributed by atoms with E-state index in [1.807, 2.05) is 24.4 Å². The van der Waals surface area contributed by atoms with Gasteiger partial charge in [0.1, 0.15) is 0 Å². The molecule has 0 spiro atoms. The number of halogens is 1. The Morgan fingerprint density at radius 3 is 3.00 bits per heavy atom. The highest BCUT2D eigenvalue weighted by atomic mass is 79.9. The maximum Gasteiger partial charge on any atom is 0.213 e. The van der Waals surface area contributed by atoms with E-state index in [0.29, 0.717) is 12.4 Å². The van der Waals surface area contributed by atoms with E-state index in [-0.39, 0.29) is 0 Å². The zero-order chi connectivity index (χ0) is 12.1. The molecule has 2 rings (SSSR count). The maximum atomic E-state index is 5.07. The molecule has 0 fully saturated rings. The number of hydrogen-bond donors (Lipinski definition) is 0. The third kappa shape index (κ3) is 3.26. The molecule has 0 radical (unpaired) electrons. The van der Waals surface area contributed by atoms with Crippen molar-refractivity contribution in [3.63, 3.8) is 0 Å².